The molecule has 1 N–H and O–H groups in total. The molecule has 154 valence electrons. The standard InChI is InChI=1S/C24H25N3O2S/c1-5-28-18-12-10-17(11-13-18)21-16(4)30-24-22(21)23(25-14-26-24)27-19-8-6-7-9-20(19)29-15(2)3/h6-15H,5H2,1-4H3,(H,25,26,27). The first-order chi connectivity index (χ1) is 14.6. The number of nitrogens with zero attached hydrogens (tertiary/aromatic N) is 2. The summed E-state index contributed by atoms with van der Waals surface area (Å²) in [6.07, 6.45) is 1.69. The van der Waals surface area contributed by atoms with Gasteiger partial charge >= 0.3 is 0 Å². The van der Waals surface area contributed by atoms with Crippen LogP contribution in [0.4, 0.5) is 11.5 Å². The topological polar surface area (TPSA) is 56.3 Å². The van der Waals surface area contributed by atoms with Crippen LogP contribution in [0.1, 0.15) is 25.6 Å². The van der Waals surface area contributed by atoms with Gasteiger partial charge in [-0.05, 0) is 57.5 Å². The first-order valence-electron chi connectivity index (χ1n) is 10.1. The molecule has 4 aromatic rings. The minimum Gasteiger partial charge on any atom is -0.494 e. The molecule has 0 aliphatic rings. The van der Waals surface area contributed by atoms with Crippen molar-refractivity contribution in [2.45, 2.75) is 33.8 Å². The monoisotopic (exact) mass is 419 g/mol. The van der Waals surface area contributed by atoms with Gasteiger partial charge in [0.15, 0.2) is 0 Å². The predicted molar refractivity (Wildman–Crippen MR) is 124 cm³/mol. The number of anilines is 2. The molecule has 4 rings (SSSR count). The Balaban J connectivity index is 1.79. The van der Waals surface area contributed by atoms with Crippen LogP contribution in [0.15, 0.2) is 54.9 Å². The summed E-state index contributed by atoms with van der Waals surface area (Å²) in [5, 5.41) is 4.50. The van der Waals surface area contributed by atoms with E-state index in [1.807, 2.05) is 57.2 Å². The fourth-order valence-corrected chi connectivity index (χ4v) is 4.44. The van der Waals surface area contributed by atoms with Gasteiger partial charge in [0.25, 0.3) is 0 Å². The van der Waals surface area contributed by atoms with Gasteiger partial charge in [0.05, 0.1) is 23.8 Å². The molecule has 0 aliphatic carbocycles. The van der Waals surface area contributed by atoms with Crippen LogP contribution < -0.4 is 14.8 Å². The van der Waals surface area contributed by atoms with Crippen molar-refractivity contribution in [3.63, 3.8) is 0 Å². The number of rotatable bonds is 7. The van der Waals surface area contributed by atoms with Crippen molar-refractivity contribution in [2.24, 2.45) is 0 Å². The Morgan fingerprint density at radius 3 is 2.53 bits per heavy atom. The maximum absolute atomic E-state index is 5.97. The second kappa shape index (κ2) is 8.71. The maximum Gasteiger partial charge on any atom is 0.143 e. The molecular weight excluding hydrogens is 394 g/mol. The van der Waals surface area contributed by atoms with Gasteiger partial charge in [-0.1, -0.05) is 24.3 Å². The highest BCUT2D eigenvalue weighted by Crippen LogP contribution is 2.42. The number of thiophene rings is 1. The Kier molecular flexibility index (Phi) is 5.86. The Bertz CT molecular complexity index is 1150. The normalized spacial score (nSPS) is 11.1. The van der Waals surface area contributed by atoms with Gasteiger partial charge in [0.1, 0.15) is 28.5 Å². The van der Waals surface area contributed by atoms with E-state index < -0.39 is 0 Å². The van der Waals surface area contributed by atoms with Crippen LogP contribution in [0.2, 0.25) is 0 Å². The van der Waals surface area contributed by atoms with Crippen LogP contribution in [0.25, 0.3) is 21.3 Å². The quantitative estimate of drug-likeness (QED) is 0.366. The van der Waals surface area contributed by atoms with E-state index in [0.29, 0.717) is 6.61 Å². The molecule has 0 fully saturated rings. The lowest BCUT2D eigenvalue weighted by atomic mass is 10.0. The number of aryl methyl sites for hydroxylation is 1. The number of nitrogens with one attached hydrogen (secondary N) is 1. The third kappa shape index (κ3) is 4.09. The number of hydrogen-bond donors (Lipinski definition) is 1. The van der Waals surface area contributed by atoms with E-state index in [1.165, 1.54) is 4.88 Å². The summed E-state index contributed by atoms with van der Waals surface area (Å²) in [6.45, 7) is 8.80. The fraction of sp³-hybridized carbons (Fsp3) is 0.250. The molecular formula is C24H25N3O2S. The molecule has 0 unspecified atom stereocenters. The molecule has 2 aromatic carbocycles. The lowest BCUT2D eigenvalue weighted by Crippen LogP contribution is -2.07. The molecule has 30 heavy (non-hydrogen) atoms. The average Bonchev–Trinajstić information content (AvgIpc) is 3.07. The molecule has 0 radical (unpaired) electrons. The van der Waals surface area contributed by atoms with Crippen LogP contribution >= 0.6 is 11.3 Å². The van der Waals surface area contributed by atoms with Crippen molar-refractivity contribution in [3.8, 4) is 22.6 Å². The molecule has 0 saturated carbocycles. The highest BCUT2D eigenvalue weighted by atomic mass is 32.1. The number of fused-ring (bicyclic) bond motifs is 1. The Hall–Kier alpha value is -3.12. The Morgan fingerprint density at radius 2 is 1.80 bits per heavy atom. The molecule has 0 saturated heterocycles. The van der Waals surface area contributed by atoms with Crippen LogP contribution in [-0.4, -0.2) is 22.7 Å². The molecule has 2 aromatic heterocycles. The van der Waals surface area contributed by atoms with E-state index in [1.54, 1.807) is 17.7 Å². The minimum absolute atomic E-state index is 0.0844. The third-order valence-corrected chi connectivity index (χ3v) is 5.63. The van der Waals surface area contributed by atoms with E-state index in [-0.39, 0.29) is 6.10 Å². The zero-order chi connectivity index (χ0) is 21.1. The number of para-hydroxylation sites is 2. The van der Waals surface area contributed by atoms with E-state index in [4.69, 9.17) is 9.47 Å². The second-order valence-corrected chi connectivity index (χ2v) is 8.38. The van der Waals surface area contributed by atoms with Crippen molar-refractivity contribution in [3.05, 3.63) is 59.7 Å². The van der Waals surface area contributed by atoms with Crippen molar-refractivity contribution in [1.29, 1.82) is 0 Å². The Labute approximate surface area is 180 Å². The smallest absolute Gasteiger partial charge is 0.143 e. The largest absolute Gasteiger partial charge is 0.494 e. The summed E-state index contributed by atoms with van der Waals surface area (Å²) in [5.74, 6) is 2.44. The number of aromatic nitrogens is 2. The molecule has 2 heterocycles. The zero-order valence-corrected chi connectivity index (χ0v) is 18.4. The van der Waals surface area contributed by atoms with Crippen molar-refractivity contribution < 1.29 is 9.47 Å². The molecule has 0 spiro atoms. The third-order valence-electron chi connectivity index (χ3n) is 4.62. The van der Waals surface area contributed by atoms with Gasteiger partial charge in [0, 0.05) is 10.4 Å². The fourth-order valence-electron chi connectivity index (χ4n) is 3.43. The van der Waals surface area contributed by atoms with E-state index in [9.17, 15) is 0 Å². The van der Waals surface area contributed by atoms with Crippen molar-refractivity contribution in [2.75, 3.05) is 11.9 Å². The number of ether oxygens (including phenoxy) is 2. The van der Waals surface area contributed by atoms with Crippen molar-refractivity contribution in [1.82, 2.24) is 9.97 Å². The molecule has 5 nitrogen and oxygen atoms in total. The van der Waals surface area contributed by atoms with Gasteiger partial charge in [-0.3, -0.25) is 0 Å². The summed E-state index contributed by atoms with van der Waals surface area (Å²) < 4.78 is 11.6. The summed E-state index contributed by atoms with van der Waals surface area (Å²) >= 11 is 1.67. The van der Waals surface area contributed by atoms with Crippen molar-refractivity contribution >= 4 is 33.1 Å². The summed E-state index contributed by atoms with van der Waals surface area (Å²) in [7, 11) is 0. The molecule has 6 heteroatoms. The van der Waals surface area contributed by atoms with E-state index in [0.717, 1.165) is 44.3 Å². The average molecular weight is 420 g/mol. The van der Waals surface area contributed by atoms with Crippen LogP contribution in [0, 0.1) is 6.92 Å². The molecule has 0 aliphatic heterocycles. The summed E-state index contributed by atoms with van der Waals surface area (Å²) in [4.78, 5) is 11.2. The first-order valence-corrected chi connectivity index (χ1v) is 10.9. The molecule has 0 bridgehead atoms. The maximum atomic E-state index is 5.97. The minimum atomic E-state index is 0.0844. The highest BCUT2D eigenvalue weighted by molar-refractivity contribution is 7.19. The predicted octanol–water partition coefficient (Wildman–Crippen LogP) is 6.60. The van der Waals surface area contributed by atoms with Gasteiger partial charge in [-0.25, -0.2) is 9.97 Å². The van der Waals surface area contributed by atoms with E-state index in [2.05, 4.69) is 34.3 Å². The van der Waals surface area contributed by atoms with E-state index >= 15 is 0 Å². The lowest BCUT2D eigenvalue weighted by Gasteiger charge is -2.16. The number of hydrogen-bond acceptors (Lipinski definition) is 6. The Morgan fingerprint density at radius 1 is 1.03 bits per heavy atom. The number of benzene rings is 2. The highest BCUT2D eigenvalue weighted by Gasteiger charge is 2.18. The lowest BCUT2D eigenvalue weighted by molar-refractivity contribution is 0.244. The summed E-state index contributed by atoms with van der Waals surface area (Å²) in [6, 6.07) is 16.1. The first kappa shape index (κ1) is 20.2. The van der Waals surface area contributed by atoms with Gasteiger partial charge in [-0.2, -0.15) is 0 Å². The summed E-state index contributed by atoms with van der Waals surface area (Å²) in [5.41, 5.74) is 3.14. The second-order valence-electron chi connectivity index (χ2n) is 7.18. The van der Waals surface area contributed by atoms with Gasteiger partial charge < -0.3 is 14.8 Å². The van der Waals surface area contributed by atoms with Crippen LogP contribution in [-0.2, 0) is 0 Å². The SMILES string of the molecule is CCOc1ccc(-c2c(C)sc3ncnc(Nc4ccccc4OC(C)C)c23)cc1. The van der Waals surface area contributed by atoms with Gasteiger partial charge in [0.2, 0.25) is 0 Å². The molecule has 0 amide bonds. The zero-order valence-electron chi connectivity index (χ0n) is 17.6. The van der Waals surface area contributed by atoms with Gasteiger partial charge in [-0.15, -0.1) is 11.3 Å². The van der Waals surface area contributed by atoms with Crippen LogP contribution in [0.5, 0.6) is 11.5 Å². The van der Waals surface area contributed by atoms with Crippen LogP contribution in [0.3, 0.4) is 0 Å². The molecule has 0 atom stereocenters.